The molecule has 2 atom stereocenters. The lowest BCUT2D eigenvalue weighted by molar-refractivity contribution is 0.216. The Morgan fingerprint density at radius 1 is 1.33 bits per heavy atom. The number of nitrogens with one attached hydrogen (secondary N) is 1. The zero-order chi connectivity index (χ0) is 15.6. The minimum Gasteiger partial charge on any atom is -0.322 e. The Labute approximate surface area is 139 Å². The molecule has 1 aliphatic heterocycles. The summed E-state index contributed by atoms with van der Waals surface area (Å²) in [6, 6.07) is 5.36. The molecule has 4 nitrogen and oxygen atoms in total. The third kappa shape index (κ3) is 3.97. The summed E-state index contributed by atoms with van der Waals surface area (Å²) in [4.78, 5) is 16.4. The van der Waals surface area contributed by atoms with Gasteiger partial charge < -0.3 is 15.1 Å². The molecule has 0 spiro atoms. The van der Waals surface area contributed by atoms with Gasteiger partial charge in [0.25, 0.3) is 0 Å². The molecule has 1 aromatic rings. The van der Waals surface area contributed by atoms with Crippen LogP contribution in [0.4, 0.5) is 10.5 Å². The first-order chi connectivity index (χ1) is 9.92. The average Bonchev–Trinajstić information content (AvgIpc) is 2.87. The molecule has 0 radical (unpaired) electrons. The highest BCUT2D eigenvalue weighted by molar-refractivity contribution is 7.99. The molecule has 0 saturated carbocycles. The fourth-order valence-corrected chi connectivity index (χ4v) is 3.70. The van der Waals surface area contributed by atoms with Gasteiger partial charge in [-0.1, -0.05) is 23.2 Å². The number of carbonyl (C=O) groups is 1. The minimum absolute atomic E-state index is 0.100. The van der Waals surface area contributed by atoms with Gasteiger partial charge in [0.1, 0.15) is 0 Å². The second-order valence-electron chi connectivity index (χ2n) is 5.27. The van der Waals surface area contributed by atoms with Crippen LogP contribution in [0.2, 0.25) is 10.0 Å². The molecule has 116 valence electrons. The second kappa shape index (κ2) is 7.09. The van der Waals surface area contributed by atoms with E-state index in [1.165, 1.54) is 0 Å². The zero-order valence-electron chi connectivity index (χ0n) is 12.3. The molecule has 0 unspecified atom stereocenters. The summed E-state index contributed by atoms with van der Waals surface area (Å²) in [7, 11) is 4.10. The molecule has 21 heavy (non-hydrogen) atoms. The van der Waals surface area contributed by atoms with Gasteiger partial charge in [-0.3, -0.25) is 0 Å². The van der Waals surface area contributed by atoms with E-state index in [4.69, 9.17) is 23.2 Å². The van der Waals surface area contributed by atoms with Gasteiger partial charge in [0, 0.05) is 30.1 Å². The zero-order valence-corrected chi connectivity index (χ0v) is 14.6. The van der Waals surface area contributed by atoms with E-state index in [0.29, 0.717) is 27.0 Å². The Balaban J connectivity index is 2.02. The summed E-state index contributed by atoms with van der Waals surface area (Å²) in [5.41, 5.74) is 0.656. The van der Waals surface area contributed by atoms with E-state index in [1.807, 2.05) is 19.0 Å². The Kier molecular flexibility index (Phi) is 5.66. The van der Waals surface area contributed by atoms with E-state index in [-0.39, 0.29) is 6.03 Å². The molecule has 1 N–H and O–H groups in total. The number of rotatable bonds is 3. The smallest absolute Gasteiger partial charge is 0.321 e. The van der Waals surface area contributed by atoms with Crippen molar-refractivity contribution in [2.75, 3.05) is 38.8 Å². The third-order valence-electron chi connectivity index (χ3n) is 3.66. The molecule has 2 rings (SSSR count). The number of carbonyl (C=O) groups excluding carboxylic acids is 1. The highest BCUT2D eigenvalue weighted by Gasteiger charge is 2.35. The summed E-state index contributed by atoms with van der Waals surface area (Å²) in [6.45, 7) is 1.48. The van der Waals surface area contributed by atoms with Gasteiger partial charge in [-0.2, -0.15) is 11.8 Å². The highest BCUT2D eigenvalue weighted by atomic mass is 35.5. The average molecular weight is 348 g/mol. The molecule has 1 fully saturated rings. The number of likely N-dealkylation sites (N-methyl/N-ethyl adjacent to an activating group) is 1. The SMILES string of the molecule is CS[C@H]1CN(C(=O)Nc2ccc(Cl)c(Cl)c2)C[C@@H]1N(C)C. The minimum atomic E-state index is -0.100. The standard InChI is InChI=1S/C14H19Cl2N3OS/c1-18(2)12-7-19(8-13(12)21-3)14(20)17-9-4-5-10(15)11(16)6-9/h4-6,12-13H,7-8H2,1-3H3,(H,17,20)/t12-,13-/m0/s1. The van der Waals surface area contributed by atoms with Crippen LogP contribution < -0.4 is 5.32 Å². The first-order valence-electron chi connectivity index (χ1n) is 6.62. The molecular weight excluding hydrogens is 329 g/mol. The van der Waals surface area contributed by atoms with E-state index >= 15 is 0 Å². The fourth-order valence-electron chi connectivity index (χ4n) is 2.43. The van der Waals surface area contributed by atoms with Crippen molar-refractivity contribution in [1.29, 1.82) is 0 Å². The van der Waals surface area contributed by atoms with E-state index in [2.05, 4.69) is 16.5 Å². The molecule has 1 saturated heterocycles. The van der Waals surface area contributed by atoms with Crippen LogP contribution in [-0.2, 0) is 0 Å². The lowest BCUT2D eigenvalue weighted by Gasteiger charge is -2.23. The second-order valence-corrected chi connectivity index (χ2v) is 7.16. The predicted octanol–water partition coefficient (Wildman–Crippen LogP) is 3.50. The van der Waals surface area contributed by atoms with Crippen molar-refractivity contribution in [2.45, 2.75) is 11.3 Å². The van der Waals surface area contributed by atoms with Gasteiger partial charge in [-0.05, 0) is 38.6 Å². The van der Waals surface area contributed by atoms with Crippen molar-refractivity contribution >= 4 is 46.7 Å². The summed E-state index contributed by atoms with van der Waals surface area (Å²) >= 11 is 13.6. The summed E-state index contributed by atoms with van der Waals surface area (Å²) < 4.78 is 0. The molecule has 0 aromatic heterocycles. The maximum absolute atomic E-state index is 12.4. The molecule has 7 heteroatoms. The van der Waals surface area contributed by atoms with Crippen molar-refractivity contribution < 1.29 is 4.79 Å². The number of nitrogens with zero attached hydrogens (tertiary/aromatic N) is 2. The molecule has 0 bridgehead atoms. The van der Waals surface area contributed by atoms with Crippen LogP contribution in [0.3, 0.4) is 0 Å². The topological polar surface area (TPSA) is 35.6 Å². The van der Waals surface area contributed by atoms with E-state index in [9.17, 15) is 4.79 Å². The van der Waals surface area contributed by atoms with Crippen LogP contribution in [0.15, 0.2) is 18.2 Å². The van der Waals surface area contributed by atoms with Crippen molar-refractivity contribution in [3.05, 3.63) is 28.2 Å². The number of urea groups is 1. The Morgan fingerprint density at radius 3 is 2.57 bits per heavy atom. The first kappa shape index (κ1) is 16.7. The molecule has 0 aliphatic carbocycles. The van der Waals surface area contributed by atoms with E-state index in [1.54, 1.807) is 30.0 Å². The number of thioether (sulfide) groups is 1. The van der Waals surface area contributed by atoms with Gasteiger partial charge in [0.2, 0.25) is 0 Å². The highest BCUT2D eigenvalue weighted by Crippen LogP contribution is 2.27. The summed E-state index contributed by atoms with van der Waals surface area (Å²) in [5.74, 6) is 0. The van der Waals surface area contributed by atoms with Gasteiger partial charge in [0.15, 0.2) is 0 Å². The van der Waals surface area contributed by atoms with Crippen molar-refractivity contribution in [3.8, 4) is 0 Å². The number of halogens is 2. The number of hydrogen-bond acceptors (Lipinski definition) is 3. The Morgan fingerprint density at radius 2 is 2.05 bits per heavy atom. The number of amides is 2. The van der Waals surface area contributed by atoms with Gasteiger partial charge in [-0.15, -0.1) is 0 Å². The third-order valence-corrected chi connectivity index (χ3v) is 5.47. The van der Waals surface area contributed by atoms with Crippen molar-refractivity contribution in [2.24, 2.45) is 0 Å². The van der Waals surface area contributed by atoms with E-state index < -0.39 is 0 Å². The van der Waals surface area contributed by atoms with E-state index in [0.717, 1.165) is 13.1 Å². The number of benzene rings is 1. The first-order valence-corrected chi connectivity index (χ1v) is 8.67. The van der Waals surface area contributed by atoms with Crippen LogP contribution in [0.1, 0.15) is 0 Å². The lowest BCUT2D eigenvalue weighted by Crippen LogP contribution is -2.38. The number of hydrogen-bond donors (Lipinski definition) is 1. The van der Waals surface area contributed by atoms with Gasteiger partial charge in [0.05, 0.1) is 10.0 Å². The van der Waals surface area contributed by atoms with Crippen LogP contribution in [0, 0.1) is 0 Å². The van der Waals surface area contributed by atoms with Crippen LogP contribution in [-0.4, -0.2) is 60.6 Å². The molecular formula is C14H19Cl2N3OS. The molecule has 2 amide bonds. The quantitative estimate of drug-likeness (QED) is 0.908. The molecule has 1 heterocycles. The van der Waals surface area contributed by atoms with Crippen molar-refractivity contribution in [1.82, 2.24) is 9.80 Å². The maximum Gasteiger partial charge on any atom is 0.321 e. The number of anilines is 1. The molecule has 1 aliphatic rings. The summed E-state index contributed by atoms with van der Waals surface area (Å²) in [5, 5.41) is 4.21. The monoisotopic (exact) mass is 347 g/mol. The van der Waals surface area contributed by atoms with Gasteiger partial charge in [-0.25, -0.2) is 4.79 Å². The normalized spacial score (nSPS) is 21.9. The predicted molar refractivity (Wildman–Crippen MR) is 91.8 cm³/mol. The Bertz CT molecular complexity index is 527. The van der Waals surface area contributed by atoms with Crippen LogP contribution in [0.25, 0.3) is 0 Å². The maximum atomic E-state index is 12.4. The van der Waals surface area contributed by atoms with Crippen molar-refractivity contribution in [3.63, 3.8) is 0 Å². The Hall–Kier alpha value is -0.620. The fraction of sp³-hybridized carbons (Fsp3) is 0.500. The van der Waals surface area contributed by atoms with Crippen LogP contribution in [0.5, 0.6) is 0 Å². The summed E-state index contributed by atoms with van der Waals surface area (Å²) in [6.07, 6.45) is 2.08. The largest absolute Gasteiger partial charge is 0.322 e. The molecule has 1 aromatic carbocycles. The van der Waals surface area contributed by atoms with Crippen LogP contribution >= 0.6 is 35.0 Å². The number of likely N-dealkylation sites (tertiary alicyclic amines) is 1. The van der Waals surface area contributed by atoms with Gasteiger partial charge >= 0.3 is 6.03 Å². The lowest BCUT2D eigenvalue weighted by atomic mass is 10.2.